The minimum Gasteiger partial charge on any atom is -0.378 e. The highest BCUT2D eigenvalue weighted by atomic mass is 79.9. The lowest BCUT2D eigenvalue weighted by Crippen LogP contribution is -2.17. The van der Waals surface area contributed by atoms with Crippen LogP contribution in [0.4, 0.5) is 0 Å². The van der Waals surface area contributed by atoms with E-state index in [4.69, 9.17) is 4.74 Å². The number of alkyl halides is 1. The van der Waals surface area contributed by atoms with Gasteiger partial charge in [0.05, 0.1) is 6.10 Å². The molecule has 0 saturated heterocycles. The highest BCUT2D eigenvalue weighted by molar-refractivity contribution is 9.09. The van der Waals surface area contributed by atoms with Crippen molar-refractivity contribution in [2.75, 3.05) is 11.9 Å². The van der Waals surface area contributed by atoms with Crippen LogP contribution in [-0.4, -0.2) is 18.0 Å². The molecule has 0 heterocycles. The lowest BCUT2D eigenvalue weighted by atomic mass is 9.98. The largest absolute Gasteiger partial charge is 0.378 e. The maximum absolute atomic E-state index is 5.97. The summed E-state index contributed by atoms with van der Waals surface area (Å²) in [5, 5.41) is 1.05. The van der Waals surface area contributed by atoms with Crippen LogP contribution in [0.15, 0.2) is 0 Å². The monoisotopic (exact) mass is 386 g/mol. The maximum atomic E-state index is 5.97. The van der Waals surface area contributed by atoms with Crippen LogP contribution in [-0.2, 0) is 4.74 Å². The number of hydrogen-bond donors (Lipinski definition) is 0. The number of hydrogen-bond acceptors (Lipinski definition) is 1. The van der Waals surface area contributed by atoms with Gasteiger partial charge in [-0.1, -0.05) is 80.1 Å². The molecule has 0 aromatic heterocycles. The summed E-state index contributed by atoms with van der Waals surface area (Å²) in [6.07, 6.45) is 27.1. The fraction of sp³-hybridized carbons (Fsp3) is 0.905. The minimum absolute atomic E-state index is 0.567. The second kappa shape index (κ2) is 17.3. The Bertz CT molecular complexity index is 226. The molecule has 1 aliphatic carbocycles. The van der Waals surface area contributed by atoms with Crippen LogP contribution in [0.25, 0.3) is 0 Å². The molecular formula is C21H39BrO. The van der Waals surface area contributed by atoms with Gasteiger partial charge in [-0.25, -0.2) is 0 Å². The molecule has 136 valence electrons. The molecule has 2 heteroatoms. The first kappa shape index (κ1) is 21.5. The summed E-state index contributed by atoms with van der Waals surface area (Å²) >= 11 is 3.44. The van der Waals surface area contributed by atoms with Crippen LogP contribution in [0, 0.1) is 12.8 Å². The Hall–Kier alpha value is 0.440. The Morgan fingerprint density at radius 2 is 1.30 bits per heavy atom. The van der Waals surface area contributed by atoms with Gasteiger partial charge in [0.25, 0.3) is 0 Å². The molecule has 0 aromatic rings. The van der Waals surface area contributed by atoms with Crippen LogP contribution in [0.1, 0.15) is 103 Å². The van der Waals surface area contributed by atoms with E-state index in [0.29, 0.717) is 6.10 Å². The molecule has 0 aromatic carbocycles. The first-order chi connectivity index (χ1) is 11.4. The van der Waals surface area contributed by atoms with Gasteiger partial charge in [-0.05, 0) is 51.4 Å². The number of unbranched alkanes of at least 4 members (excludes halogenated alkanes) is 12. The van der Waals surface area contributed by atoms with Gasteiger partial charge >= 0.3 is 0 Å². The highest BCUT2D eigenvalue weighted by Gasteiger charge is 2.12. The molecule has 1 nitrogen and oxygen atoms in total. The van der Waals surface area contributed by atoms with E-state index in [0.717, 1.165) is 11.9 Å². The Labute approximate surface area is 154 Å². The highest BCUT2D eigenvalue weighted by Crippen LogP contribution is 2.20. The fourth-order valence-electron chi connectivity index (χ4n) is 3.37. The summed E-state index contributed by atoms with van der Waals surface area (Å²) in [5.74, 6) is 0. The van der Waals surface area contributed by atoms with E-state index >= 15 is 0 Å². The van der Waals surface area contributed by atoms with Gasteiger partial charge in [0.1, 0.15) is 0 Å². The number of ether oxygens (including phenoxy) is 1. The molecular weight excluding hydrogens is 348 g/mol. The smallest absolute Gasteiger partial charge is 0.0575 e. The van der Waals surface area contributed by atoms with Crippen LogP contribution in [0.3, 0.4) is 0 Å². The van der Waals surface area contributed by atoms with Gasteiger partial charge in [0.2, 0.25) is 0 Å². The number of rotatable bonds is 16. The minimum atomic E-state index is 0.567. The lowest BCUT2D eigenvalue weighted by molar-refractivity contribution is 0.0326. The van der Waals surface area contributed by atoms with Crippen LogP contribution in [0.2, 0.25) is 0 Å². The van der Waals surface area contributed by atoms with Crippen molar-refractivity contribution < 1.29 is 4.74 Å². The van der Waals surface area contributed by atoms with Crippen molar-refractivity contribution in [1.82, 2.24) is 0 Å². The molecule has 0 N–H and O–H groups in total. The van der Waals surface area contributed by atoms with Gasteiger partial charge in [0.15, 0.2) is 0 Å². The average Bonchev–Trinajstić information content (AvgIpc) is 2.59. The predicted octanol–water partition coefficient (Wildman–Crippen LogP) is 7.43. The van der Waals surface area contributed by atoms with Gasteiger partial charge in [-0.2, -0.15) is 0 Å². The van der Waals surface area contributed by atoms with Crippen LogP contribution >= 0.6 is 15.9 Å². The third-order valence-corrected chi connectivity index (χ3v) is 5.36. The first-order valence-electron chi connectivity index (χ1n) is 10.2. The zero-order valence-corrected chi connectivity index (χ0v) is 16.8. The Morgan fingerprint density at radius 1 is 0.783 bits per heavy atom. The molecule has 0 bridgehead atoms. The Morgan fingerprint density at radius 3 is 1.87 bits per heavy atom. The summed E-state index contributed by atoms with van der Waals surface area (Å²) in [6.45, 7) is 0.997. The van der Waals surface area contributed by atoms with Gasteiger partial charge in [-0.3, -0.25) is 0 Å². The molecule has 1 saturated carbocycles. The molecule has 2 radical (unpaired) electrons. The van der Waals surface area contributed by atoms with Crippen LogP contribution < -0.4 is 0 Å². The van der Waals surface area contributed by atoms with E-state index in [1.807, 2.05) is 0 Å². The van der Waals surface area contributed by atoms with Crippen molar-refractivity contribution in [1.29, 1.82) is 0 Å². The normalized spacial score (nSPS) is 16.0. The second-order valence-corrected chi connectivity index (χ2v) is 7.70. The second-order valence-electron chi connectivity index (χ2n) is 7.06. The molecule has 0 spiro atoms. The van der Waals surface area contributed by atoms with E-state index < -0.39 is 0 Å². The fourth-order valence-corrected chi connectivity index (χ4v) is 3.70. The molecule has 23 heavy (non-hydrogen) atoms. The average molecular weight is 387 g/mol. The standard InChI is InChI=1S/C21H39BrO/c22-19-15-10-8-6-4-2-1-3-5-7-9-11-16-20-23-21-17-13-12-14-18-21/h12,15,21H,1-11,13-14,16-20H2. The van der Waals surface area contributed by atoms with E-state index in [1.165, 1.54) is 103 Å². The Balaban J connectivity index is 1.67. The topological polar surface area (TPSA) is 9.23 Å². The van der Waals surface area contributed by atoms with E-state index in [9.17, 15) is 0 Å². The van der Waals surface area contributed by atoms with E-state index in [1.54, 1.807) is 0 Å². The van der Waals surface area contributed by atoms with Crippen molar-refractivity contribution in [2.24, 2.45) is 0 Å². The van der Waals surface area contributed by atoms with Crippen molar-refractivity contribution in [3.8, 4) is 0 Å². The van der Waals surface area contributed by atoms with E-state index in [-0.39, 0.29) is 0 Å². The van der Waals surface area contributed by atoms with Crippen LogP contribution in [0.5, 0.6) is 0 Å². The van der Waals surface area contributed by atoms with Gasteiger partial charge in [-0.15, -0.1) is 0 Å². The third-order valence-electron chi connectivity index (χ3n) is 4.90. The molecule has 0 atom stereocenters. The Kier molecular flexibility index (Phi) is 16.1. The summed E-state index contributed by atoms with van der Waals surface area (Å²) in [7, 11) is 0. The predicted molar refractivity (Wildman–Crippen MR) is 106 cm³/mol. The molecule has 1 fully saturated rings. The van der Waals surface area contributed by atoms with Crippen molar-refractivity contribution in [3.05, 3.63) is 12.8 Å². The molecule has 0 amide bonds. The van der Waals surface area contributed by atoms with Gasteiger partial charge in [0, 0.05) is 11.9 Å². The molecule has 0 aliphatic heterocycles. The zero-order chi connectivity index (χ0) is 16.4. The van der Waals surface area contributed by atoms with Crippen molar-refractivity contribution in [2.45, 2.75) is 109 Å². The summed E-state index contributed by atoms with van der Waals surface area (Å²) < 4.78 is 5.97. The molecule has 1 rings (SSSR count). The number of halogens is 1. The molecule has 1 aliphatic rings. The van der Waals surface area contributed by atoms with Crippen molar-refractivity contribution in [3.63, 3.8) is 0 Å². The summed E-state index contributed by atoms with van der Waals surface area (Å²) in [4.78, 5) is 0. The summed E-state index contributed by atoms with van der Waals surface area (Å²) in [5.41, 5.74) is 0. The maximum Gasteiger partial charge on any atom is 0.0575 e. The quantitative estimate of drug-likeness (QED) is 0.198. The third kappa shape index (κ3) is 14.5. The zero-order valence-electron chi connectivity index (χ0n) is 15.2. The summed E-state index contributed by atoms with van der Waals surface area (Å²) in [6, 6.07) is 0. The van der Waals surface area contributed by atoms with Crippen molar-refractivity contribution >= 4 is 15.9 Å². The lowest BCUT2D eigenvalue weighted by Gasteiger charge is -2.21. The van der Waals surface area contributed by atoms with Gasteiger partial charge < -0.3 is 4.74 Å². The molecule has 0 unspecified atom stereocenters. The van der Waals surface area contributed by atoms with E-state index in [2.05, 4.69) is 28.8 Å². The SMILES string of the molecule is BrC[CH]CCCCCCCCCCCCCOC1CC[CH]CC1. The first-order valence-corrected chi connectivity index (χ1v) is 11.4.